The van der Waals surface area contributed by atoms with Crippen molar-refractivity contribution in [1.82, 2.24) is 5.32 Å². The van der Waals surface area contributed by atoms with E-state index >= 15 is 0 Å². The third kappa shape index (κ3) is 2.92. The molecule has 1 aromatic carbocycles. The molecule has 4 nitrogen and oxygen atoms in total. The highest BCUT2D eigenvalue weighted by Crippen LogP contribution is 2.19. The predicted molar refractivity (Wildman–Crippen MR) is 57.7 cm³/mol. The summed E-state index contributed by atoms with van der Waals surface area (Å²) >= 11 is 0. The number of nitrogens with one attached hydrogen (secondary N) is 2. The van der Waals surface area contributed by atoms with Gasteiger partial charge in [-0.05, 0) is 6.42 Å². The average molecular weight is 260 g/mol. The summed E-state index contributed by atoms with van der Waals surface area (Å²) in [6.45, 7) is 0.904. The third-order valence-electron chi connectivity index (χ3n) is 2.51. The highest BCUT2D eigenvalue weighted by Gasteiger charge is 2.19. The van der Waals surface area contributed by atoms with Crippen molar-refractivity contribution in [3.63, 3.8) is 0 Å². The van der Waals surface area contributed by atoms with Crippen LogP contribution in [0.25, 0.3) is 0 Å². The summed E-state index contributed by atoms with van der Waals surface area (Å²) in [4.78, 5) is 11.5. The van der Waals surface area contributed by atoms with E-state index in [1.54, 1.807) is 0 Å². The van der Waals surface area contributed by atoms with Crippen LogP contribution in [0.1, 0.15) is 6.42 Å². The number of halogens is 3. The van der Waals surface area contributed by atoms with Crippen LogP contribution in [0.4, 0.5) is 23.7 Å². The van der Waals surface area contributed by atoms with Crippen molar-refractivity contribution in [3.8, 4) is 0 Å². The van der Waals surface area contributed by atoms with E-state index in [1.165, 1.54) is 0 Å². The normalized spacial score (nSPS) is 18.7. The van der Waals surface area contributed by atoms with Crippen LogP contribution < -0.4 is 10.6 Å². The van der Waals surface area contributed by atoms with Gasteiger partial charge in [-0.15, -0.1) is 0 Å². The van der Waals surface area contributed by atoms with E-state index in [0.717, 1.165) is 0 Å². The molecular formula is C11H11F3N2O2. The Balaban J connectivity index is 2.02. The van der Waals surface area contributed by atoms with Gasteiger partial charge in [0.2, 0.25) is 0 Å². The van der Waals surface area contributed by atoms with Crippen LogP contribution in [0.3, 0.4) is 0 Å². The van der Waals surface area contributed by atoms with E-state index in [1.807, 2.05) is 0 Å². The fraction of sp³-hybridized carbons (Fsp3) is 0.364. The number of carbonyl (C=O) groups excluding carboxylic acids is 1. The van der Waals surface area contributed by atoms with Gasteiger partial charge in [0.25, 0.3) is 0 Å². The Hall–Kier alpha value is -1.76. The standard InChI is InChI=1S/C11H11F3N2O2/c12-6-3-8(13)10(14)9(4-6)16-11(17)15-7-1-2-18-5-7/h3-4,7H,1-2,5H2,(H2,15,16,17)/t7-/m1/s1. The molecule has 1 aromatic rings. The molecule has 1 heterocycles. The van der Waals surface area contributed by atoms with Crippen molar-refractivity contribution >= 4 is 11.7 Å². The highest BCUT2D eigenvalue weighted by atomic mass is 19.2. The largest absolute Gasteiger partial charge is 0.379 e. The van der Waals surface area contributed by atoms with Crippen molar-refractivity contribution in [3.05, 3.63) is 29.6 Å². The molecule has 0 spiro atoms. The minimum Gasteiger partial charge on any atom is -0.379 e. The smallest absolute Gasteiger partial charge is 0.319 e. The number of hydrogen-bond donors (Lipinski definition) is 2. The molecule has 7 heteroatoms. The maximum atomic E-state index is 13.2. The van der Waals surface area contributed by atoms with Gasteiger partial charge in [0.1, 0.15) is 5.82 Å². The third-order valence-corrected chi connectivity index (χ3v) is 2.51. The number of anilines is 1. The van der Waals surface area contributed by atoms with Gasteiger partial charge < -0.3 is 15.4 Å². The molecule has 0 saturated carbocycles. The second-order valence-corrected chi connectivity index (χ2v) is 3.91. The minimum atomic E-state index is -1.35. The van der Waals surface area contributed by atoms with Crippen LogP contribution in [0, 0.1) is 17.5 Å². The molecule has 1 aliphatic rings. The molecule has 98 valence electrons. The summed E-state index contributed by atoms with van der Waals surface area (Å²) in [5, 5.41) is 4.57. The summed E-state index contributed by atoms with van der Waals surface area (Å²) in [5.41, 5.74) is -0.538. The Labute approximate surface area is 101 Å². The Kier molecular flexibility index (Phi) is 3.71. The second kappa shape index (κ2) is 5.26. The van der Waals surface area contributed by atoms with Crippen molar-refractivity contribution in [2.45, 2.75) is 12.5 Å². The summed E-state index contributed by atoms with van der Waals surface area (Å²) in [6, 6.07) is 0.215. The number of rotatable bonds is 2. The molecule has 0 bridgehead atoms. The van der Waals surface area contributed by atoms with Crippen LogP contribution in [0.2, 0.25) is 0 Å². The van der Waals surface area contributed by atoms with Crippen LogP contribution in [-0.4, -0.2) is 25.3 Å². The van der Waals surface area contributed by atoms with Gasteiger partial charge in [-0.3, -0.25) is 0 Å². The van der Waals surface area contributed by atoms with Gasteiger partial charge in [-0.1, -0.05) is 0 Å². The molecule has 1 atom stereocenters. The van der Waals surface area contributed by atoms with Crippen LogP contribution in [0.5, 0.6) is 0 Å². The van der Waals surface area contributed by atoms with E-state index in [2.05, 4.69) is 10.6 Å². The van der Waals surface area contributed by atoms with Crippen molar-refractivity contribution < 1.29 is 22.7 Å². The quantitative estimate of drug-likeness (QED) is 0.799. The first kappa shape index (κ1) is 12.7. The molecule has 18 heavy (non-hydrogen) atoms. The highest BCUT2D eigenvalue weighted by molar-refractivity contribution is 5.89. The average Bonchev–Trinajstić information content (AvgIpc) is 2.77. The van der Waals surface area contributed by atoms with Crippen LogP contribution in [-0.2, 0) is 4.74 Å². The number of benzene rings is 1. The Morgan fingerprint density at radius 3 is 2.78 bits per heavy atom. The number of urea groups is 1. The zero-order chi connectivity index (χ0) is 13.1. The zero-order valence-electron chi connectivity index (χ0n) is 9.30. The van der Waals surface area contributed by atoms with E-state index < -0.39 is 29.2 Å². The molecule has 1 fully saturated rings. The lowest BCUT2D eigenvalue weighted by Gasteiger charge is -2.12. The lowest BCUT2D eigenvalue weighted by molar-refractivity contribution is 0.189. The zero-order valence-corrected chi connectivity index (χ0v) is 9.30. The van der Waals surface area contributed by atoms with Crippen LogP contribution in [0.15, 0.2) is 12.1 Å². The molecule has 1 aliphatic heterocycles. The molecule has 0 radical (unpaired) electrons. The number of carbonyl (C=O) groups is 1. The van der Waals surface area contributed by atoms with Gasteiger partial charge in [0.15, 0.2) is 11.6 Å². The van der Waals surface area contributed by atoms with Crippen molar-refractivity contribution in [2.75, 3.05) is 18.5 Å². The van der Waals surface area contributed by atoms with E-state index in [0.29, 0.717) is 31.8 Å². The maximum Gasteiger partial charge on any atom is 0.319 e. The molecule has 0 aromatic heterocycles. The van der Waals surface area contributed by atoms with E-state index in [4.69, 9.17) is 4.74 Å². The summed E-state index contributed by atoms with van der Waals surface area (Å²) in [7, 11) is 0. The van der Waals surface area contributed by atoms with Crippen molar-refractivity contribution in [1.29, 1.82) is 0 Å². The molecular weight excluding hydrogens is 249 g/mol. The van der Waals surface area contributed by atoms with Crippen LogP contribution >= 0.6 is 0 Å². The number of ether oxygens (including phenoxy) is 1. The molecule has 2 amide bonds. The Bertz CT molecular complexity index is 462. The maximum absolute atomic E-state index is 13.2. The van der Waals surface area contributed by atoms with Gasteiger partial charge in [-0.2, -0.15) is 0 Å². The Morgan fingerprint density at radius 1 is 1.33 bits per heavy atom. The lowest BCUT2D eigenvalue weighted by Crippen LogP contribution is -2.38. The van der Waals surface area contributed by atoms with Gasteiger partial charge in [-0.25, -0.2) is 18.0 Å². The summed E-state index contributed by atoms with van der Waals surface area (Å²) < 4.78 is 44.0. The summed E-state index contributed by atoms with van der Waals surface area (Å²) in [6.07, 6.45) is 0.646. The predicted octanol–water partition coefficient (Wildman–Crippen LogP) is 2.01. The van der Waals surface area contributed by atoms with Gasteiger partial charge in [0.05, 0.1) is 18.3 Å². The van der Waals surface area contributed by atoms with Gasteiger partial charge in [0, 0.05) is 18.7 Å². The fourth-order valence-electron chi connectivity index (χ4n) is 1.64. The SMILES string of the molecule is O=C(Nc1cc(F)cc(F)c1F)N[C@@H]1CCOC1. The summed E-state index contributed by atoms with van der Waals surface area (Å²) in [5.74, 6) is -3.61. The lowest BCUT2D eigenvalue weighted by atomic mass is 10.2. The van der Waals surface area contributed by atoms with E-state index in [9.17, 15) is 18.0 Å². The topological polar surface area (TPSA) is 50.4 Å². The number of amides is 2. The molecule has 1 saturated heterocycles. The van der Waals surface area contributed by atoms with Gasteiger partial charge >= 0.3 is 6.03 Å². The first-order chi connectivity index (χ1) is 8.56. The van der Waals surface area contributed by atoms with E-state index in [-0.39, 0.29) is 6.04 Å². The first-order valence-corrected chi connectivity index (χ1v) is 5.36. The number of hydrogen-bond acceptors (Lipinski definition) is 2. The molecule has 0 aliphatic carbocycles. The monoisotopic (exact) mass is 260 g/mol. The molecule has 0 unspecified atom stereocenters. The molecule has 2 N–H and O–H groups in total. The molecule has 2 rings (SSSR count). The Morgan fingerprint density at radius 2 is 2.11 bits per heavy atom. The first-order valence-electron chi connectivity index (χ1n) is 5.36. The second-order valence-electron chi connectivity index (χ2n) is 3.91. The van der Waals surface area contributed by atoms with Crippen molar-refractivity contribution in [2.24, 2.45) is 0 Å². The minimum absolute atomic E-state index is 0.175. The fourth-order valence-corrected chi connectivity index (χ4v) is 1.64.